The van der Waals surface area contributed by atoms with E-state index in [4.69, 9.17) is 0 Å². The van der Waals surface area contributed by atoms with Crippen molar-refractivity contribution >= 4 is 55.7 Å². The Hall–Kier alpha value is -0.620. The van der Waals surface area contributed by atoms with Gasteiger partial charge in [0.2, 0.25) is 0 Å². The molecule has 5 rings (SSSR count). The summed E-state index contributed by atoms with van der Waals surface area (Å²) >= 11 is 5.06. The zero-order valence-corrected chi connectivity index (χ0v) is 15.3. The number of piperidine rings is 3. The molecule has 0 radical (unpaired) electrons. The maximum Gasteiger partial charge on any atom is 0.261 e. The summed E-state index contributed by atoms with van der Waals surface area (Å²) in [6.07, 6.45) is 2.45. The van der Waals surface area contributed by atoms with Gasteiger partial charge in [0.05, 0.1) is 4.88 Å². The van der Waals surface area contributed by atoms with Gasteiger partial charge in [-0.3, -0.25) is 4.79 Å². The Labute approximate surface area is 148 Å². The first kappa shape index (κ1) is 16.2. The van der Waals surface area contributed by atoms with Gasteiger partial charge in [-0.1, -0.05) is 15.9 Å². The third kappa shape index (κ3) is 3.04. The number of nitrogens with zero attached hydrogens (tertiary/aromatic N) is 1. The van der Waals surface area contributed by atoms with Crippen LogP contribution in [0.1, 0.15) is 22.5 Å². The lowest BCUT2D eigenvalue weighted by molar-refractivity contribution is 0.0622. The molecule has 3 nitrogen and oxygen atoms in total. The van der Waals surface area contributed by atoms with Crippen molar-refractivity contribution in [2.75, 3.05) is 19.6 Å². The van der Waals surface area contributed by atoms with Gasteiger partial charge >= 0.3 is 0 Å². The smallest absolute Gasteiger partial charge is 0.261 e. The standard InChI is InChI=1S/C16H17BrN2OS.ClH/c17-12-1-2-14-11(7-12)8-15(21-14)16(20)18-13-9-19-5-3-10(13)4-6-19;/h1-2,7-8,10,13H,3-6,9H2,(H,18,20);1H/t13-;/m1./s1. The molecule has 118 valence electrons. The fourth-order valence-electron chi connectivity index (χ4n) is 3.49. The Morgan fingerprint density at radius 2 is 2.05 bits per heavy atom. The van der Waals surface area contributed by atoms with Gasteiger partial charge in [0.1, 0.15) is 0 Å². The van der Waals surface area contributed by atoms with Crippen LogP contribution >= 0.6 is 39.7 Å². The van der Waals surface area contributed by atoms with Gasteiger partial charge in [-0.25, -0.2) is 0 Å². The van der Waals surface area contributed by atoms with Crippen molar-refractivity contribution < 1.29 is 4.79 Å². The number of halogens is 2. The second-order valence-corrected chi connectivity index (χ2v) is 8.01. The number of hydrogen-bond donors (Lipinski definition) is 1. The Morgan fingerprint density at radius 3 is 2.73 bits per heavy atom. The molecule has 1 aromatic heterocycles. The van der Waals surface area contributed by atoms with Gasteiger partial charge in [0, 0.05) is 21.8 Å². The molecule has 0 saturated carbocycles. The minimum Gasteiger partial charge on any atom is -0.347 e. The van der Waals surface area contributed by atoms with Gasteiger partial charge in [0.25, 0.3) is 5.91 Å². The quantitative estimate of drug-likeness (QED) is 0.827. The third-order valence-corrected chi connectivity index (χ3v) is 6.28. The van der Waals surface area contributed by atoms with Crippen LogP contribution < -0.4 is 5.32 Å². The zero-order chi connectivity index (χ0) is 14.4. The number of carbonyl (C=O) groups excluding carboxylic acids is 1. The summed E-state index contributed by atoms with van der Waals surface area (Å²) in [4.78, 5) is 15.8. The lowest BCUT2D eigenvalue weighted by Crippen LogP contribution is -2.57. The molecule has 1 N–H and O–H groups in total. The summed E-state index contributed by atoms with van der Waals surface area (Å²) < 4.78 is 2.22. The van der Waals surface area contributed by atoms with E-state index in [0.29, 0.717) is 12.0 Å². The topological polar surface area (TPSA) is 32.3 Å². The van der Waals surface area contributed by atoms with E-state index >= 15 is 0 Å². The molecular formula is C16H18BrClN2OS. The van der Waals surface area contributed by atoms with Crippen LogP contribution in [0.5, 0.6) is 0 Å². The molecule has 3 aliphatic heterocycles. The third-order valence-electron chi connectivity index (χ3n) is 4.67. The summed E-state index contributed by atoms with van der Waals surface area (Å²) in [5.74, 6) is 0.758. The minimum atomic E-state index is 0. The van der Waals surface area contributed by atoms with Crippen LogP contribution in [0, 0.1) is 5.92 Å². The van der Waals surface area contributed by atoms with Gasteiger partial charge in [-0.2, -0.15) is 0 Å². The summed E-state index contributed by atoms with van der Waals surface area (Å²) in [6, 6.07) is 8.48. The number of rotatable bonds is 2. The van der Waals surface area contributed by atoms with Gasteiger partial charge in [0.15, 0.2) is 0 Å². The maximum atomic E-state index is 12.5. The molecule has 22 heavy (non-hydrogen) atoms. The highest BCUT2D eigenvalue weighted by Gasteiger charge is 2.35. The Kier molecular flexibility index (Phi) is 4.78. The minimum absolute atomic E-state index is 0. The monoisotopic (exact) mass is 400 g/mol. The first-order valence-corrected chi connectivity index (χ1v) is 9.02. The van der Waals surface area contributed by atoms with Crippen molar-refractivity contribution in [3.8, 4) is 0 Å². The highest BCUT2D eigenvalue weighted by Crippen LogP contribution is 2.30. The first-order chi connectivity index (χ1) is 10.2. The molecule has 3 saturated heterocycles. The molecule has 1 atom stereocenters. The Bertz CT molecular complexity index is 697. The normalized spacial score (nSPS) is 26.7. The molecule has 0 aliphatic carbocycles. The van der Waals surface area contributed by atoms with E-state index in [9.17, 15) is 4.79 Å². The number of nitrogens with one attached hydrogen (secondary N) is 1. The fourth-order valence-corrected chi connectivity index (χ4v) is 4.82. The van der Waals surface area contributed by atoms with Crippen molar-refractivity contribution in [2.45, 2.75) is 18.9 Å². The van der Waals surface area contributed by atoms with Crippen LogP contribution in [0.4, 0.5) is 0 Å². The molecule has 3 aliphatic rings. The van der Waals surface area contributed by atoms with Crippen LogP contribution in [-0.4, -0.2) is 36.5 Å². The van der Waals surface area contributed by atoms with Crippen molar-refractivity contribution in [1.29, 1.82) is 0 Å². The van der Waals surface area contributed by atoms with E-state index in [1.165, 1.54) is 25.9 Å². The predicted octanol–water partition coefficient (Wildman–Crippen LogP) is 3.91. The van der Waals surface area contributed by atoms with Crippen LogP contribution in [0.3, 0.4) is 0 Å². The fraction of sp³-hybridized carbons (Fsp3) is 0.438. The number of amides is 1. The molecule has 4 heterocycles. The average molecular weight is 402 g/mol. The second kappa shape index (κ2) is 6.48. The van der Waals surface area contributed by atoms with E-state index < -0.39 is 0 Å². The van der Waals surface area contributed by atoms with Crippen molar-refractivity contribution in [3.63, 3.8) is 0 Å². The molecular weight excluding hydrogens is 384 g/mol. The van der Waals surface area contributed by atoms with Crippen LogP contribution in [0.15, 0.2) is 28.7 Å². The molecule has 6 heteroatoms. The lowest BCUT2D eigenvalue weighted by atomic mass is 9.84. The SMILES string of the molecule is Cl.O=C(N[C@@H]1CN2CCC1CC2)c1cc2cc(Br)ccc2s1. The predicted molar refractivity (Wildman–Crippen MR) is 97.2 cm³/mol. The summed E-state index contributed by atoms with van der Waals surface area (Å²) in [7, 11) is 0. The zero-order valence-electron chi connectivity index (χ0n) is 12.0. The summed E-state index contributed by atoms with van der Waals surface area (Å²) in [6.45, 7) is 3.43. The van der Waals surface area contributed by atoms with Crippen LogP contribution in [0.25, 0.3) is 10.1 Å². The molecule has 1 amide bonds. The molecule has 2 aromatic rings. The van der Waals surface area contributed by atoms with Gasteiger partial charge < -0.3 is 10.2 Å². The Morgan fingerprint density at radius 1 is 1.27 bits per heavy atom. The van der Waals surface area contributed by atoms with Crippen molar-refractivity contribution in [2.24, 2.45) is 5.92 Å². The van der Waals surface area contributed by atoms with E-state index in [1.807, 2.05) is 12.1 Å². The highest BCUT2D eigenvalue weighted by atomic mass is 79.9. The van der Waals surface area contributed by atoms with Gasteiger partial charge in [-0.15, -0.1) is 23.7 Å². The highest BCUT2D eigenvalue weighted by molar-refractivity contribution is 9.10. The molecule has 0 unspecified atom stereocenters. The summed E-state index contributed by atoms with van der Waals surface area (Å²) in [5, 5.41) is 4.39. The van der Waals surface area contributed by atoms with E-state index in [1.54, 1.807) is 11.3 Å². The largest absolute Gasteiger partial charge is 0.347 e. The van der Waals surface area contributed by atoms with Crippen molar-refractivity contribution in [3.05, 3.63) is 33.6 Å². The van der Waals surface area contributed by atoms with E-state index in [0.717, 1.165) is 26.0 Å². The van der Waals surface area contributed by atoms with E-state index in [2.05, 4.69) is 38.3 Å². The maximum absolute atomic E-state index is 12.5. The number of hydrogen-bond acceptors (Lipinski definition) is 3. The lowest BCUT2D eigenvalue weighted by Gasteiger charge is -2.44. The molecule has 2 bridgehead atoms. The number of fused-ring (bicyclic) bond motifs is 4. The van der Waals surface area contributed by atoms with Crippen molar-refractivity contribution in [1.82, 2.24) is 10.2 Å². The first-order valence-electron chi connectivity index (χ1n) is 7.41. The second-order valence-electron chi connectivity index (χ2n) is 6.01. The molecule has 0 spiro atoms. The number of thiophene rings is 1. The van der Waals surface area contributed by atoms with Gasteiger partial charge in [-0.05, 0) is 61.5 Å². The van der Waals surface area contributed by atoms with E-state index in [-0.39, 0.29) is 18.3 Å². The molecule has 1 aromatic carbocycles. The number of carbonyl (C=O) groups is 1. The Balaban J connectivity index is 0.00000144. The summed E-state index contributed by atoms with van der Waals surface area (Å²) in [5.41, 5.74) is 0. The van der Waals surface area contributed by atoms with Crippen LogP contribution in [0.2, 0.25) is 0 Å². The van der Waals surface area contributed by atoms with Crippen LogP contribution in [-0.2, 0) is 0 Å². The average Bonchev–Trinajstić information content (AvgIpc) is 2.91. The molecule has 3 fully saturated rings. The number of benzene rings is 1.